The minimum absolute atomic E-state index is 0.0207. The van der Waals surface area contributed by atoms with Crippen LogP contribution in [-0.2, 0) is 21.9 Å². The quantitative estimate of drug-likeness (QED) is 0.810. The summed E-state index contributed by atoms with van der Waals surface area (Å²) in [4.78, 5) is 24.8. The number of likely N-dealkylation sites (tertiary alicyclic amines) is 1. The van der Waals surface area contributed by atoms with Gasteiger partial charge in [0.25, 0.3) is 0 Å². The summed E-state index contributed by atoms with van der Waals surface area (Å²) in [6.45, 7) is 1.54. The molecule has 4 nitrogen and oxygen atoms in total. The summed E-state index contributed by atoms with van der Waals surface area (Å²) >= 11 is 0. The SMILES string of the molecule is CC(=O)N1CCC[C@@H]1C(=O)Nc1cc(C(F)(F)F)cc(C(F)(F)F)c1. The molecule has 25 heavy (non-hydrogen) atoms. The molecule has 1 saturated heterocycles. The van der Waals surface area contributed by atoms with Crippen molar-refractivity contribution in [2.75, 3.05) is 11.9 Å². The molecule has 0 spiro atoms. The fraction of sp³-hybridized carbons (Fsp3) is 0.467. The molecule has 1 aliphatic heterocycles. The summed E-state index contributed by atoms with van der Waals surface area (Å²) in [6, 6.07) is -0.0746. The van der Waals surface area contributed by atoms with E-state index in [0.717, 1.165) is 0 Å². The monoisotopic (exact) mass is 368 g/mol. The van der Waals surface area contributed by atoms with Crippen LogP contribution in [0.2, 0.25) is 0 Å². The predicted molar refractivity (Wildman–Crippen MR) is 75.5 cm³/mol. The van der Waals surface area contributed by atoms with Crippen LogP contribution in [0.25, 0.3) is 0 Å². The summed E-state index contributed by atoms with van der Waals surface area (Å²) < 4.78 is 76.9. The number of carbonyl (C=O) groups excluding carboxylic acids is 2. The lowest BCUT2D eigenvalue weighted by molar-refractivity contribution is -0.143. The Balaban J connectivity index is 2.32. The average molecular weight is 368 g/mol. The molecule has 0 saturated carbocycles. The number of alkyl halides is 6. The minimum atomic E-state index is -5.00. The van der Waals surface area contributed by atoms with Crippen molar-refractivity contribution in [3.63, 3.8) is 0 Å². The molecule has 1 aliphatic rings. The molecule has 1 aromatic carbocycles. The van der Waals surface area contributed by atoms with Gasteiger partial charge in [-0.05, 0) is 31.0 Å². The Morgan fingerprint density at radius 2 is 1.56 bits per heavy atom. The van der Waals surface area contributed by atoms with Gasteiger partial charge in [0.05, 0.1) is 11.1 Å². The Labute approximate surface area is 138 Å². The first-order valence-electron chi connectivity index (χ1n) is 7.27. The second-order valence-electron chi connectivity index (χ2n) is 5.65. The summed E-state index contributed by atoms with van der Waals surface area (Å²) in [5.74, 6) is -1.21. The van der Waals surface area contributed by atoms with E-state index < -0.39 is 47.0 Å². The highest BCUT2D eigenvalue weighted by Crippen LogP contribution is 2.37. The summed E-state index contributed by atoms with van der Waals surface area (Å²) in [7, 11) is 0. The van der Waals surface area contributed by atoms with Crippen molar-refractivity contribution in [2.45, 2.75) is 38.2 Å². The Morgan fingerprint density at radius 1 is 1.04 bits per heavy atom. The van der Waals surface area contributed by atoms with Crippen LogP contribution in [0.15, 0.2) is 18.2 Å². The van der Waals surface area contributed by atoms with Crippen LogP contribution < -0.4 is 5.32 Å². The predicted octanol–water partition coefficient (Wildman–Crippen LogP) is 3.67. The van der Waals surface area contributed by atoms with Crippen LogP contribution in [0.5, 0.6) is 0 Å². The van der Waals surface area contributed by atoms with Gasteiger partial charge in [-0.15, -0.1) is 0 Å². The fourth-order valence-electron chi connectivity index (χ4n) is 2.67. The summed E-state index contributed by atoms with van der Waals surface area (Å²) in [6.07, 6.45) is -9.19. The lowest BCUT2D eigenvalue weighted by atomic mass is 10.1. The third-order valence-electron chi connectivity index (χ3n) is 3.82. The highest BCUT2D eigenvalue weighted by molar-refractivity contribution is 5.97. The molecule has 2 amide bonds. The number of carbonyl (C=O) groups is 2. The van der Waals surface area contributed by atoms with Crippen LogP contribution in [0.3, 0.4) is 0 Å². The van der Waals surface area contributed by atoms with E-state index in [1.807, 2.05) is 0 Å². The van der Waals surface area contributed by atoms with Crippen molar-refractivity contribution in [2.24, 2.45) is 0 Å². The van der Waals surface area contributed by atoms with E-state index in [-0.39, 0.29) is 12.5 Å². The number of hydrogen-bond donors (Lipinski definition) is 1. The van der Waals surface area contributed by atoms with Crippen LogP contribution >= 0.6 is 0 Å². The standard InChI is InChI=1S/C15H14F6N2O2/c1-8(24)23-4-2-3-12(23)13(25)22-11-6-9(14(16,17)18)5-10(7-11)15(19,20)21/h5-7,12H,2-4H2,1H3,(H,22,25)/t12-/m1/s1. The highest BCUT2D eigenvalue weighted by atomic mass is 19.4. The van der Waals surface area contributed by atoms with Crippen molar-refractivity contribution < 1.29 is 35.9 Å². The van der Waals surface area contributed by atoms with Gasteiger partial charge in [0.2, 0.25) is 11.8 Å². The molecular formula is C15H14F6N2O2. The lowest BCUT2D eigenvalue weighted by Crippen LogP contribution is -2.42. The normalized spacial score (nSPS) is 18.4. The van der Waals surface area contributed by atoms with Gasteiger partial charge in [0.15, 0.2) is 0 Å². The van der Waals surface area contributed by atoms with Crippen molar-refractivity contribution in [3.05, 3.63) is 29.3 Å². The van der Waals surface area contributed by atoms with Crippen molar-refractivity contribution >= 4 is 17.5 Å². The van der Waals surface area contributed by atoms with Gasteiger partial charge in [0.1, 0.15) is 6.04 Å². The van der Waals surface area contributed by atoms with Crippen LogP contribution in [-0.4, -0.2) is 29.3 Å². The molecule has 1 atom stereocenters. The van der Waals surface area contributed by atoms with E-state index in [2.05, 4.69) is 5.32 Å². The number of amides is 2. The molecule has 1 aromatic rings. The Hall–Kier alpha value is -2.26. The van der Waals surface area contributed by atoms with Gasteiger partial charge >= 0.3 is 12.4 Å². The number of benzene rings is 1. The van der Waals surface area contributed by atoms with Gasteiger partial charge in [0, 0.05) is 19.2 Å². The number of nitrogens with zero attached hydrogens (tertiary/aromatic N) is 1. The summed E-state index contributed by atoms with van der Waals surface area (Å²) in [5.41, 5.74) is -3.66. The molecule has 1 fully saturated rings. The van der Waals surface area contributed by atoms with Crippen molar-refractivity contribution in [3.8, 4) is 0 Å². The molecule has 0 aliphatic carbocycles. The smallest absolute Gasteiger partial charge is 0.331 e. The zero-order chi connectivity index (χ0) is 19.0. The molecule has 0 unspecified atom stereocenters. The second kappa shape index (κ2) is 6.57. The zero-order valence-electron chi connectivity index (χ0n) is 13.0. The third kappa shape index (κ3) is 4.43. The molecule has 0 radical (unpaired) electrons. The Bertz CT molecular complexity index is 651. The molecule has 0 aromatic heterocycles. The molecule has 0 bridgehead atoms. The Morgan fingerprint density at radius 3 is 2.00 bits per heavy atom. The van der Waals surface area contributed by atoms with Crippen molar-refractivity contribution in [1.29, 1.82) is 0 Å². The minimum Gasteiger partial charge on any atom is -0.331 e. The first-order chi connectivity index (χ1) is 11.4. The van der Waals surface area contributed by atoms with Gasteiger partial charge in [-0.1, -0.05) is 0 Å². The van der Waals surface area contributed by atoms with Gasteiger partial charge < -0.3 is 10.2 Å². The molecule has 2 rings (SSSR count). The highest BCUT2D eigenvalue weighted by Gasteiger charge is 2.38. The van der Waals surface area contributed by atoms with Crippen LogP contribution in [0.1, 0.15) is 30.9 Å². The number of anilines is 1. The van der Waals surface area contributed by atoms with E-state index >= 15 is 0 Å². The zero-order valence-corrected chi connectivity index (χ0v) is 13.0. The maximum absolute atomic E-state index is 12.8. The maximum Gasteiger partial charge on any atom is 0.416 e. The van der Waals surface area contributed by atoms with E-state index in [0.29, 0.717) is 25.1 Å². The largest absolute Gasteiger partial charge is 0.416 e. The topological polar surface area (TPSA) is 49.4 Å². The first-order valence-corrected chi connectivity index (χ1v) is 7.27. The second-order valence-corrected chi connectivity index (χ2v) is 5.65. The van der Waals surface area contributed by atoms with Crippen molar-refractivity contribution in [1.82, 2.24) is 4.90 Å². The van der Waals surface area contributed by atoms with E-state index in [4.69, 9.17) is 0 Å². The third-order valence-corrected chi connectivity index (χ3v) is 3.82. The molecule has 1 heterocycles. The van der Waals surface area contributed by atoms with Gasteiger partial charge in [-0.2, -0.15) is 26.3 Å². The van der Waals surface area contributed by atoms with Crippen LogP contribution in [0, 0.1) is 0 Å². The number of halogens is 6. The lowest BCUT2D eigenvalue weighted by Gasteiger charge is -2.23. The molecular weight excluding hydrogens is 354 g/mol. The fourth-order valence-corrected chi connectivity index (χ4v) is 2.67. The Kier molecular flexibility index (Phi) is 5.01. The maximum atomic E-state index is 12.8. The number of hydrogen-bond acceptors (Lipinski definition) is 2. The van der Waals surface area contributed by atoms with Gasteiger partial charge in [-0.25, -0.2) is 0 Å². The summed E-state index contributed by atoms with van der Waals surface area (Å²) in [5, 5.41) is 2.06. The number of rotatable bonds is 2. The molecule has 1 N–H and O–H groups in total. The first kappa shape index (κ1) is 19.1. The van der Waals surface area contributed by atoms with Crippen LogP contribution in [0.4, 0.5) is 32.0 Å². The number of nitrogens with one attached hydrogen (secondary N) is 1. The molecule has 138 valence electrons. The average Bonchev–Trinajstić information content (AvgIpc) is 2.94. The molecule has 10 heteroatoms. The van der Waals surface area contributed by atoms with E-state index in [1.54, 1.807) is 0 Å². The van der Waals surface area contributed by atoms with E-state index in [1.165, 1.54) is 11.8 Å². The van der Waals surface area contributed by atoms with E-state index in [9.17, 15) is 35.9 Å². The van der Waals surface area contributed by atoms with Gasteiger partial charge in [-0.3, -0.25) is 9.59 Å².